The van der Waals surface area contributed by atoms with Crippen LogP contribution in [0.3, 0.4) is 0 Å². The number of nitrogens with zero attached hydrogens (tertiary/aromatic N) is 5. The molecule has 0 unspecified atom stereocenters. The minimum Gasteiger partial charge on any atom is -0.304 e. The van der Waals surface area contributed by atoms with Crippen molar-refractivity contribution in [2.45, 2.75) is 16.5 Å². The van der Waals surface area contributed by atoms with E-state index in [-0.39, 0.29) is 17.9 Å². The summed E-state index contributed by atoms with van der Waals surface area (Å²) in [4.78, 5) is 29.4. The second-order valence-electron chi connectivity index (χ2n) is 7.77. The number of H-pyrrole nitrogens is 1. The van der Waals surface area contributed by atoms with Gasteiger partial charge in [0.2, 0.25) is 0 Å². The smallest absolute Gasteiger partial charge is 0.264 e. The number of nitrogens with one attached hydrogen (secondary N) is 1. The molecule has 0 aliphatic carbocycles. The van der Waals surface area contributed by atoms with Crippen molar-refractivity contribution in [3.8, 4) is 11.5 Å². The lowest BCUT2D eigenvalue weighted by Crippen LogP contribution is -2.13. The summed E-state index contributed by atoms with van der Waals surface area (Å²) in [5, 5.41) is 5.26. The van der Waals surface area contributed by atoms with Crippen LogP contribution in [-0.2, 0) is 6.54 Å². The Balaban J connectivity index is 1.55. The molecule has 0 saturated carbocycles. The molecule has 0 spiro atoms. The van der Waals surface area contributed by atoms with Crippen LogP contribution in [0.25, 0.3) is 11.5 Å². The molecule has 0 amide bonds. The first-order valence-electron chi connectivity index (χ1n) is 10.5. The van der Waals surface area contributed by atoms with E-state index in [0.29, 0.717) is 39.2 Å². The van der Waals surface area contributed by atoms with Crippen LogP contribution in [0, 0.1) is 5.82 Å². The number of aromatic amines is 1. The number of allylic oxidation sites excluding steroid dienone is 1. The van der Waals surface area contributed by atoms with Crippen LogP contribution >= 0.6 is 9.21 Å². The first-order chi connectivity index (χ1) is 16.4. The molecule has 170 valence electrons. The average molecular weight is 473 g/mol. The zero-order valence-electron chi connectivity index (χ0n) is 18.2. The molecule has 1 N–H and O–H groups in total. The lowest BCUT2D eigenvalue weighted by Gasteiger charge is -2.12. The van der Waals surface area contributed by atoms with Crippen molar-refractivity contribution in [1.82, 2.24) is 24.7 Å². The van der Waals surface area contributed by atoms with Crippen molar-refractivity contribution in [1.29, 1.82) is 0 Å². The van der Waals surface area contributed by atoms with Crippen LogP contribution in [-0.4, -0.2) is 48.7 Å². The predicted octanol–water partition coefficient (Wildman–Crippen LogP) is 3.66. The minimum atomic E-state index is -2.14. The van der Waals surface area contributed by atoms with Gasteiger partial charge in [-0.05, 0) is 30.3 Å². The third-order valence-corrected chi connectivity index (χ3v) is 7.61. The van der Waals surface area contributed by atoms with Gasteiger partial charge >= 0.3 is 0 Å². The number of pyridine rings is 1. The van der Waals surface area contributed by atoms with Gasteiger partial charge in [0.25, 0.3) is 5.56 Å². The van der Waals surface area contributed by atoms with Gasteiger partial charge in [-0.1, -0.05) is 42.1 Å². The van der Waals surface area contributed by atoms with Gasteiger partial charge in [0.15, 0.2) is 5.82 Å². The fraction of sp³-hybridized carbons (Fsp3) is 0.0800. The largest absolute Gasteiger partial charge is 0.304 e. The quantitative estimate of drug-likeness (QED) is 0.434. The molecule has 0 atom stereocenters. The third-order valence-electron chi connectivity index (χ3n) is 5.43. The van der Waals surface area contributed by atoms with Gasteiger partial charge in [-0.25, -0.2) is 9.37 Å². The maximum Gasteiger partial charge on any atom is 0.264 e. The van der Waals surface area contributed by atoms with Gasteiger partial charge in [-0.3, -0.25) is 19.5 Å². The Hall–Kier alpha value is -4.11. The zero-order valence-corrected chi connectivity index (χ0v) is 19.0. The summed E-state index contributed by atoms with van der Waals surface area (Å²) in [5.41, 5.74) is 2.05. The molecule has 34 heavy (non-hydrogen) atoms. The minimum absolute atomic E-state index is 0.210. The van der Waals surface area contributed by atoms with E-state index in [4.69, 9.17) is 0 Å². The van der Waals surface area contributed by atoms with Gasteiger partial charge in [0.1, 0.15) is 11.5 Å². The second kappa shape index (κ2) is 8.68. The van der Waals surface area contributed by atoms with Gasteiger partial charge in [-0.15, -0.1) is 9.21 Å². The highest BCUT2D eigenvalue weighted by molar-refractivity contribution is 8.27. The van der Waals surface area contributed by atoms with E-state index in [9.17, 15) is 9.18 Å². The lowest BCUT2D eigenvalue weighted by atomic mass is 10.2. The highest BCUT2D eigenvalue weighted by Crippen LogP contribution is 2.36. The molecule has 0 fully saturated rings. The monoisotopic (exact) mass is 472 g/mol. The number of benzene rings is 1. The summed E-state index contributed by atoms with van der Waals surface area (Å²) in [6.07, 6.45) is 6.97. The Morgan fingerprint density at radius 3 is 2.65 bits per heavy atom. The molecule has 1 aromatic carbocycles. The number of halogens is 1. The predicted molar refractivity (Wildman–Crippen MR) is 135 cm³/mol. The van der Waals surface area contributed by atoms with Crippen molar-refractivity contribution in [3.63, 3.8) is 0 Å². The summed E-state index contributed by atoms with van der Waals surface area (Å²) < 4.78 is 16.0. The summed E-state index contributed by atoms with van der Waals surface area (Å²) in [6.45, 7) is 0.784. The Morgan fingerprint density at radius 1 is 1.12 bits per heavy atom. The summed E-state index contributed by atoms with van der Waals surface area (Å²) in [5.74, 6) is 8.32. The van der Waals surface area contributed by atoms with E-state index in [1.807, 2.05) is 18.2 Å². The third kappa shape index (κ3) is 4.01. The Kier molecular flexibility index (Phi) is 5.54. The molecule has 0 bridgehead atoms. The maximum absolute atomic E-state index is 14.3. The lowest BCUT2D eigenvalue weighted by molar-refractivity contribution is 0.584. The van der Waals surface area contributed by atoms with E-state index in [0.717, 1.165) is 5.71 Å². The molecule has 1 aliphatic heterocycles. The summed E-state index contributed by atoms with van der Waals surface area (Å²) in [6, 6.07) is 13.8. The van der Waals surface area contributed by atoms with Crippen LogP contribution in [0.4, 0.5) is 4.39 Å². The molecule has 0 radical (unpaired) electrons. The highest BCUT2D eigenvalue weighted by Gasteiger charge is 2.19. The fourth-order valence-corrected chi connectivity index (χ4v) is 5.15. The molecule has 0 saturated heterocycles. The van der Waals surface area contributed by atoms with Crippen LogP contribution in [0.15, 0.2) is 92.8 Å². The molecule has 1 aliphatic rings. The average Bonchev–Trinajstić information content (AvgIpc) is 3.51. The Bertz CT molecular complexity index is 1600. The van der Waals surface area contributed by atoms with E-state index in [2.05, 4.69) is 36.8 Å². The highest BCUT2D eigenvalue weighted by atomic mass is 32.2. The van der Waals surface area contributed by atoms with E-state index in [1.165, 1.54) is 12.3 Å². The van der Waals surface area contributed by atoms with Gasteiger partial charge in [0.05, 0.1) is 34.4 Å². The zero-order chi connectivity index (χ0) is 23.7. The Morgan fingerprint density at radius 2 is 1.94 bits per heavy atom. The van der Waals surface area contributed by atoms with E-state index < -0.39 is 9.21 Å². The van der Waals surface area contributed by atoms with E-state index in [1.54, 1.807) is 47.3 Å². The van der Waals surface area contributed by atoms with Crippen molar-refractivity contribution in [2.75, 3.05) is 6.54 Å². The van der Waals surface area contributed by atoms with Crippen LogP contribution in [0.2, 0.25) is 0 Å². The number of hydrogen-bond donors (Lipinski definition) is 1. The summed E-state index contributed by atoms with van der Waals surface area (Å²) >= 11 is 0. The normalized spacial score (nSPS) is 13.3. The first kappa shape index (κ1) is 21.7. The van der Waals surface area contributed by atoms with Gasteiger partial charge in [0, 0.05) is 18.0 Å². The molecule has 4 heterocycles. The molecule has 4 aromatic rings. The van der Waals surface area contributed by atoms with Crippen molar-refractivity contribution < 1.29 is 4.39 Å². The number of aliphatic imine (C=N–C) groups is 1. The topological polar surface area (TPSA) is 88.8 Å². The number of rotatable bonds is 6. The van der Waals surface area contributed by atoms with Gasteiger partial charge in [-0.2, -0.15) is 5.10 Å². The van der Waals surface area contributed by atoms with E-state index >= 15 is 0 Å². The first-order valence-corrected chi connectivity index (χ1v) is 12.4. The van der Waals surface area contributed by atoms with Crippen LogP contribution in [0.1, 0.15) is 11.3 Å². The van der Waals surface area contributed by atoms with Crippen molar-refractivity contribution in [2.24, 2.45) is 4.99 Å². The Labute approximate surface area is 195 Å². The molecule has 3 aromatic heterocycles. The second-order valence-corrected chi connectivity index (χ2v) is 10.4. The molecule has 5 rings (SSSR count). The number of hydrogen-bond acceptors (Lipinski definition) is 5. The van der Waals surface area contributed by atoms with Gasteiger partial charge < -0.3 is 4.98 Å². The summed E-state index contributed by atoms with van der Waals surface area (Å²) in [7, 11) is -2.14. The fourth-order valence-electron chi connectivity index (χ4n) is 3.66. The SMILES string of the molecule is C=S(=C)(c1ccccn1)c1cnc(-c2cc(C3=NCC=C3)n(Cc3ccccc3F)n2)[nH]c1=O. The maximum atomic E-state index is 14.3. The standard InChI is InChI=1S/C25H21FN6OS/c1-34(2,23-11-5-6-12-28-23)22-15-29-24(30-25(22)33)20-14-21(19-10-7-13-27-19)32(31-20)16-17-8-3-4-9-18(17)26/h3-12,14-15H,1-2,13,16H2,(H,29,30,33). The van der Waals surface area contributed by atoms with Crippen LogP contribution < -0.4 is 5.56 Å². The van der Waals surface area contributed by atoms with Crippen molar-refractivity contribution >= 4 is 26.7 Å². The molecular weight excluding hydrogens is 451 g/mol. The number of aromatic nitrogens is 5. The molecule has 9 heteroatoms. The molecule has 7 nitrogen and oxygen atoms in total. The molecular formula is C25H21FN6OS. The van der Waals surface area contributed by atoms with Crippen molar-refractivity contribution in [3.05, 3.63) is 101 Å². The van der Waals surface area contributed by atoms with Crippen LogP contribution in [0.5, 0.6) is 0 Å².